The molecular weight excluding hydrogens is 282 g/mol. The average Bonchev–Trinajstić information content (AvgIpc) is 2.38. The summed E-state index contributed by atoms with van der Waals surface area (Å²) in [5.74, 6) is -0.256. The van der Waals surface area contributed by atoms with Gasteiger partial charge in [-0.25, -0.2) is 13.6 Å². The van der Waals surface area contributed by atoms with Crippen LogP contribution in [0.4, 0.5) is 5.69 Å². The lowest BCUT2D eigenvalue weighted by Crippen LogP contribution is -2.29. The molecule has 0 heterocycles. The minimum Gasteiger partial charge on any atom is -0.385 e. The molecule has 0 aromatic heterocycles. The number of carbonyl (C=O) groups excluding carboxylic acids is 1. The molecule has 0 saturated heterocycles. The first-order chi connectivity index (χ1) is 9.43. The summed E-state index contributed by atoms with van der Waals surface area (Å²) < 4.78 is 27.2. The zero-order valence-electron chi connectivity index (χ0n) is 11.3. The van der Waals surface area contributed by atoms with E-state index in [0.29, 0.717) is 18.8 Å². The van der Waals surface area contributed by atoms with Gasteiger partial charge in [-0.2, -0.15) is 0 Å². The van der Waals surface area contributed by atoms with E-state index in [1.54, 1.807) is 13.2 Å². The van der Waals surface area contributed by atoms with Gasteiger partial charge < -0.3 is 15.4 Å². The number of ether oxygens (including phenoxy) is 1. The van der Waals surface area contributed by atoms with E-state index in [4.69, 9.17) is 9.88 Å². The first kappa shape index (κ1) is 16.6. The van der Waals surface area contributed by atoms with Gasteiger partial charge in [-0.15, -0.1) is 0 Å². The lowest BCUT2D eigenvalue weighted by Gasteiger charge is -2.07. The molecule has 1 aromatic rings. The molecule has 0 saturated carbocycles. The van der Waals surface area contributed by atoms with Crippen molar-refractivity contribution in [1.29, 1.82) is 0 Å². The Hall–Kier alpha value is -1.48. The van der Waals surface area contributed by atoms with E-state index >= 15 is 0 Å². The second-order valence-corrected chi connectivity index (χ2v) is 5.71. The SMILES string of the molecule is COCCCNCC(=O)Nc1cccc(S(N)(=O)=O)c1. The van der Waals surface area contributed by atoms with Gasteiger partial charge in [0.2, 0.25) is 15.9 Å². The molecule has 0 radical (unpaired) electrons. The average molecular weight is 301 g/mol. The van der Waals surface area contributed by atoms with Crippen LogP contribution in [0.2, 0.25) is 0 Å². The number of anilines is 1. The van der Waals surface area contributed by atoms with Gasteiger partial charge in [0.25, 0.3) is 0 Å². The van der Waals surface area contributed by atoms with Crippen LogP contribution in [-0.4, -0.2) is 41.1 Å². The molecule has 0 bridgehead atoms. The van der Waals surface area contributed by atoms with Gasteiger partial charge in [-0.3, -0.25) is 4.79 Å². The maximum absolute atomic E-state index is 11.6. The number of hydrogen-bond acceptors (Lipinski definition) is 5. The molecule has 0 unspecified atom stereocenters. The Labute approximate surface area is 118 Å². The van der Waals surface area contributed by atoms with Gasteiger partial charge in [0.05, 0.1) is 11.4 Å². The van der Waals surface area contributed by atoms with Crippen molar-refractivity contribution in [3.8, 4) is 0 Å². The molecule has 1 aromatic carbocycles. The number of methoxy groups -OCH3 is 1. The van der Waals surface area contributed by atoms with E-state index in [0.717, 1.165) is 6.42 Å². The highest BCUT2D eigenvalue weighted by molar-refractivity contribution is 7.89. The number of nitrogens with two attached hydrogens (primary N) is 1. The lowest BCUT2D eigenvalue weighted by molar-refractivity contribution is -0.115. The third-order valence-corrected chi connectivity index (χ3v) is 3.34. The summed E-state index contributed by atoms with van der Waals surface area (Å²) in [6, 6.07) is 5.80. The van der Waals surface area contributed by atoms with Gasteiger partial charge in [0.1, 0.15) is 0 Å². The predicted octanol–water partition coefficient (Wildman–Crippen LogP) is -0.101. The van der Waals surface area contributed by atoms with E-state index in [1.165, 1.54) is 18.2 Å². The predicted molar refractivity (Wildman–Crippen MR) is 75.8 cm³/mol. The van der Waals surface area contributed by atoms with Gasteiger partial charge in [0.15, 0.2) is 0 Å². The van der Waals surface area contributed by atoms with E-state index in [1.807, 2.05) is 0 Å². The van der Waals surface area contributed by atoms with Crippen LogP contribution in [0.25, 0.3) is 0 Å². The number of primary sulfonamides is 1. The molecule has 0 atom stereocenters. The highest BCUT2D eigenvalue weighted by Gasteiger charge is 2.09. The topological polar surface area (TPSA) is 111 Å². The Morgan fingerprint density at radius 1 is 1.40 bits per heavy atom. The molecule has 112 valence electrons. The summed E-state index contributed by atoms with van der Waals surface area (Å²) in [7, 11) is -2.15. The van der Waals surface area contributed by atoms with Crippen molar-refractivity contribution in [3.63, 3.8) is 0 Å². The molecule has 1 amide bonds. The third kappa shape index (κ3) is 6.11. The zero-order chi connectivity index (χ0) is 15.0. The van der Waals surface area contributed by atoms with Crippen LogP contribution >= 0.6 is 0 Å². The Morgan fingerprint density at radius 3 is 2.80 bits per heavy atom. The van der Waals surface area contributed by atoms with Gasteiger partial charge in [-0.1, -0.05) is 6.07 Å². The molecule has 1 rings (SSSR count). The molecule has 0 fully saturated rings. The molecule has 0 spiro atoms. The van der Waals surface area contributed by atoms with Crippen LogP contribution in [0.15, 0.2) is 29.2 Å². The monoisotopic (exact) mass is 301 g/mol. The number of rotatable bonds is 8. The minimum atomic E-state index is -3.77. The van der Waals surface area contributed by atoms with E-state index < -0.39 is 10.0 Å². The molecule has 7 nitrogen and oxygen atoms in total. The van der Waals surface area contributed by atoms with Crippen LogP contribution < -0.4 is 15.8 Å². The highest BCUT2D eigenvalue weighted by atomic mass is 32.2. The maximum Gasteiger partial charge on any atom is 0.238 e. The number of benzene rings is 1. The molecule has 8 heteroatoms. The van der Waals surface area contributed by atoms with Crippen LogP contribution in [-0.2, 0) is 19.6 Å². The second kappa shape index (κ2) is 7.95. The van der Waals surface area contributed by atoms with Crippen molar-refractivity contribution in [2.45, 2.75) is 11.3 Å². The number of amides is 1. The number of hydrogen-bond donors (Lipinski definition) is 3. The van der Waals surface area contributed by atoms with Crippen molar-refractivity contribution in [2.75, 3.05) is 32.1 Å². The minimum absolute atomic E-state index is 0.0386. The molecule has 0 aliphatic rings. The standard InChI is InChI=1S/C12H19N3O4S/c1-19-7-3-6-14-9-12(16)15-10-4-2-5-11(8-10)20(13,17)18/h2,4-5,8,14H,3,6-7,9H2,1H3,(H,15,16)(H2,13,17,18). The van der Waals surface area contributed by atoms with E-state index in [-0.39, 0.29) is 17.3 Å². The van der Waals surface area contributed by atoms with Crippen molar-refractivity contribution in [2.24, 2.45) is 5.14 Å². The number of nitrogens with one attached hydrogen (secondary N) is 2. The highest BCUT2D eigenvalue weighted by Crippen LogP contribution is 2.13. The Morgan fingerprint density at radius 2 is 2.15 bits per heavy atom. The first-order valence-electron chi connectivity index (χ1n) is 6.06. The lowest BCUT2D eigenvalue weighted by atomic mass is 10.3. The quantitative estimate of drug-likeness (QED) is 0.581. The molecule has 0 aliphatic carbocycles. The summed E-state index contributed by atoms with van der Waals surface area (Å²) in [5.41, 5.74) is 0.389. The molecular formula is C12H19N3O4S. The van der Waals surface area contributed by atoms with Gasteiger partial charge >= 0.3 is 0 Å². The van der Waals surface area contributed by atoms with E-state index in [2.05, 4.69) is 10.6 Å². The number of carbonyl (C=O) groups is 1. The van der Waals surface area contributed by atoms with Crippen molar-refractivity contribution in [3.05, 3.63) is 24.3 Å². The fourth-order valence-electron chi connectivity index (χ4n) is 1.50. The van der Waals surface area contributed by atoms with Crippen LogP contribution in [0.5, 0.6) is 0 Å². The number of sulfonamides is 1. The third-order valence-electron chi connectivity index (χ3n) is 2.43. The summed E-state index contributed by atoms with van der Waals surface area (Å²) >= 11 is 0. The maximum atomic E-state index is 11.6. The van der Waals surface area contributed by atoms with Crippen molar-refractivity contribution >= 4 is 21.6 Å². The van der Waals surface area contributed by atoms with Gasteiger partial charge in [-0.05, 0) is 31.2 Å². The fourth-order valence-corrected chi connectivity index (χ4v) is 2.06. The molecule has 0 aliphatic heterocycles. The summed E-state index contributed by atoms with van der Waals surface area (Å²) in [6.45, 7) is 1.44. The smallest absolute Gasteiger partial charge is 0.238 e. The normalized spacial score (nSPS) is 11.3. The Bertz CT molecular complexity index is 545. The molecule has 20 heavy (non-hydrogen) atoms. The Kier molecular flexibility index (Phi) is 6.59. The van der Waals surface area contributed by atoms with Crippen molar-refractivity contribution < 1.29 is 17.9 Å². The summed E-state index contributed by atoms with van der Waals surface area (Å²) in [5, 5.41) is 10.6. The largest absolute Gasteiger partial charge is 0.385 e. The van der Waals surface area contributed by atoms with Crippen LogP contribution in [0.1, 0.15) is 6.42 Å². The van der Waals surface area contributed by atoms with Crippen molar-refractivity contribution in [1.82, 2.24) is 5.32 Å². The summed E-state index contributed by atoms with van der Waals surface area (Å²) in [6.07, 6.45) is 0.810. The Balaban J connectivity index is 2.46. The second-order valence-electron chi connectivity index (χ2n) is 4.14. The summed E-state index contributed by atoms with van der Waals surface area (Å²) in [4.78, 5) is 11.6. The molecule has 4 N–H and O–H groups in total. The van der Waals surface area contributed by atoms with Gasteiger partial charge in [0, 0.05) is 19.4 Å². The fraction of sp³-hybridized carbons (Fsp3) is 0.417. The van der Waals surface area contributed by atoms with Crippen LogP contribution in [0.3, 0.4) is 0 Å². The zero-order valence-corrected chi connectivity index (χ0v) is 12.1. The van der Waals surface area contributed by atoms with Crippen LogP contribution in [0, 0.1) is 0 Å². The first-order valence-corrected chi connectivity index (χ1v) is 7.60. The van der Waals surface area contributed by atoms with E-state index in [9.17, 15) is 13.2 Å².